The Labute approximate surface area is 112 Å². The van der Waals surface area contributed by atoms with Gasteiger partial charge in [0, 0.05) is 11.9 Å². The maximum atomic E-state index is 12.5. The van der Waals surface area contributed by atoms with Crippen LogP contribution in [0.25, 0.3) is 0 Å². The molecule has 0 fully saturated rings. The summed E-state index contributed by atoms with van der Waals surface area (Å²) in [4.78, 5) is 7.12. The van der Waals surface area contributed by atoms with Crippen molar-refractivity contribution < 1.29 is 13.2 Å². The molecule has 0 atom stereocenters. The predicted molar refractivity (Wildman–Crippen MR) is 66.2 cm³/mol. The van der Waals surface area contributed by atoms with Crippen molar-refractivity contribution in [3.8, 4) is 6.07 Å². The highest BCUT2D eigenvalue weighted by atomic mass is 19.4. The molecule has 0 saturated carbocycles. The van der Waals surface area contributed by atoms with Crippen molar-refractivity contribution in [3.63, 3.8) is 0 Å². The third kappa shape index (κ3) is 3.23. The molecule has 1 aromatic heterocycles. The minimum atomic E-state index is -4.52. The Morgan fingerprint density at radius 2 is 2.00 bits per heavy atom. The van der Waals surface area contributed by atoms with Crippen LogP contribution in [0.3, 0.4) is 0 Å². The summed E-state index contributed by atoms with van der Waals surface area (Å²) in [5.74, 6) is -0.172. The van der Waals surface area contributed by atoms with E-state index in [0.29, 0.717) is 11.3 Å². The van der Waals surface area contributed by atoms with Gasteiger partial charge < -0.3 is 5.32 Å². The van der Waals surface area contributed by atoms with Gasteiger partial charge in [-0.15, -0.1) is 0 Å². The molecule has 2 aromatic rings. The average Bonchev–Trinajstić information content (AvgIpc) is 2.37. The maximum Gasteiger partial charge on any atom is 0.433 e. The van der Waals surface area contributed by atoms with Crippen LogP contribution in [0.2, 0.25) is 0 Å². The third-order valence-electron chi connectivity index (χ3n) is 2.41. The number of nitriles is 1. The number of halogens is 3. The van der Waals surface area contributed by atoms with Crippen molar-refractivity contribution in [1.82, 2.24) is 9.97 Å². The van der Waals surface area contributed by atoms with E-state index in [-0.39, 0.29) is 5.95 Å². The molecule has 102 valence electrons. The zero-order valence-corrected chi connectivity index (χ0v) is 10.4. The first-order chi connectivity index (χ1) is 9.38. The van der Waals surface area contributed by atoms with Crippen LogP contribution >= 0.6 is 0 Å². The topological polar surface area (TPSA) is 61.6 Å². The summed E-state index contributed by atoms with van der Waals surface area (Å²) in [5, 5.41) is 11.5. The molecule has 0 unspecified atom stereocenters. The lowest BCUT2D eigenvalue weighted by Gasteiger charge is -2.09. The second kappa shape index (κ2) is 5.17. The van der Waals surface area contributed by atoms with E-state index < -0.39 is 11.9 Å². The fourth-order valence-corrected chi connectivity index (χ4v) is 1.63. The number of aryl methyl sites for hydroxylation is 1. The zero-order valence-electron chi connectivity index (χ0n) is 10.4. The van der Waals surface area contributed by atoms with Gasteiger partial charge in [0.25, 0.3) is 0 Å². The zero-order chi connectivity index (χ0) is 14.8. The van der Waals surface area contributed by atoms with Crippen molar-refractivity contribution in [2.75, 3.05) is 5.32 Å². The fraction of sp³-hybridized carbons (Fsp3) is 0.154. The predicted octanol–water partition coefficient (Wildman–Crippen LogP) is 3.42. The molecule has 0 spiro atoms. The van der Waals surface area contributed by atoms with Crippen LogP contribution in [0, 0.1) is 18.3 Å². The van der Waals surface area contributed by atoms with Gasteiger partial charge in [-0.05, 0) is 36.8 Å². The van der Waals surface area contributed by atoms with Crippen molar-refractivity contribution in [2.45, 2.75) is 13.1 Å². The number of hydrogen-bond donors (Lipinski definition) is 1. The standard InChI is InChI=1S/C13H9F3N4/c1-8-4-9(7-17)6-10(5-8)19-12-18-3-2-11(20-12)13(14,15)16/h2-6H,1H3,(H,18,19,20). The third-order valence-corrected chi connectivity index (χ3v) is 2.41. The van der Waals surface area contributed by atoms with Gasteiger partial charge in [-0.1, -0.05) is 0 Å². The molecule has 1 aromatic carbocycles. The van der Waals surface area contributed by atoms with Crippen LogP contribution in [0.5, 0.6) is 0 Å². The Kier molecular flexibility index (Phi) is 3.57. The second-order valence-corrected chi connectivity index (χ2v) is 4.09. The molecule has 4 nitrogen and oxygen atoms in total. The largest absolute Gasteiger partial charge is 0.433 e. The number of nitrogens with zero attached hydrogens (tertiary/aromatic N) is 3. The SMILES string of the molecule is Cc1cc(C#N)cc(Nc2nccc(C(F)(F)F)n2)c1. The Bertz CT molecular complexity index is 674. The molecule has 20 heavy (non-hydrogen) atoms. The van der Waals surface area contributed by atoms with Crippen LogP contribution in [-0.4, -0.2) is 9.97 Å². The second-order valence-electron chi connectivity index (χ2n) is 4.09. The highest BCUT2D eigenvalue weighted by Crippen LogP contribution is 2.28. The Morgan fingerprint density at radius 1 is 1.25 bits per heavy atom. The average molecular weight is 278 g/mol. The van der Waals surface area contributed by atoms with Crippen LogP contribution < -0.4 is 5.32 Å². The highest BCUT2D eigenvalue weighted by molar-refractivity contribution is 5.58. The number of benzene rings is 1. The van der Waals surface area contributed by atoms with Gasteiger partial charge in [0.2, 0.25) is 5.95 Å². The normalized spacial score (nSPS) is 10.9. The molecule has 0 bridgehead atoms. The first-order valence-electron chi connectivity index (χ1n) is 5.57. The molecule has 1 N–H and O–H groups in total. The van der Waals surface area contributed by atoms with Crippen LogP contribution in [-0.2, 0) is 6.18 Å². The molecule has 0 aliphatic heterocycles. The molecule has 0 saturated heterocycles. The number of rotatable bonds is 2. The highest BCUT2D eigenvalue weighted by Gasteiger charge is 2.32. The Hall–Kier alpha value is -2.62. The van der Waals surface area contributed by atoms with E-state index in [1.54, 1.807) is 19.1 Å². The number of aromatic nitrogens is 2. The minimum absolute atomic E-state index is 0.172. The molecular formula is C13H9F3N4. The molecule has 0 aliphatic carbocycles. The first kappa shape index (κ1) is 13.8. The molecule has 0 radical (unpaired) electrons. The van der Waals surface area contributed by atoms with Crippen LogP contribution in [0.1, 0.15) is 16.8 Å². The van der Waals surface area contributed by atoms with Gasteiger partial charge >= 0.3 is 6.18 Å². The van der Waals surface area contributed by atoms with E-state index in [0.717, 1.165) is 17.8 Å². The fourth-order valence-electron chi connectivity index (χ4n) is 1.63. The van der Waals surface area contributed by atoms with Gasteiger partial charge in [0.1, 0.15) is 5.69 Å². The number of anilines is 2. The summed E-state index contributed by atoms with van der Waals surface area (Å²) in [6.07, 6.45) is -3.50. The quantitative estimate of drug-likeness (QED) is 0.914. The molecular weight excluding hydrogens is 269 g/mol. The molecule has 1 heterocycles. The van der Waals surface area contributed by atoms with E-state index in [9.17, 15) is 13.2 Å². The Morgan fingerprint density at radius 3 is 2.65 bits per heavy atom. The van der Waals surface area contributed by atoms with Crippen molar-refractivity contribution in [3.05, 3.63) is 47.3 Å². The van der Waals surface area contributed by atoms with Gasteiger partial charge in [0.05, 0.1) is 11.6 Å². The van der Waals surface area contributed by atoms with Gasteiger partial charge in [-0.3, -0.25) is 0 Å². The summed E-state index contributed by atoms with van der Waals surface area (Å²) in [6.45, 7) is 1.78. The van der Waals surface area contributed by atoms with Crippen molar-refractivity contribution >= 4 is 11.6 Å². The van der Waals surface area contributed by atoms with E-state index in [4.69, 9.17) is 5.26 Å². The monoisotopic (exact) mass is 278 g/mol. The molecule has 0 aliphatic rings. The molecule has 0 amide bonds. The van der Waals surface area contributed by atoms with E-state index in [2.05, 4.69) is 15.3 Å². The van der Waals surface area contributed by atoms with Crippen molar-refractivity contribution in [1.29, 1.82) is 5.26 Å². The van der Waals surface area contributed by atoms with E-state index >= 15 is 0 Å². The summed E-state index contributed by atoms with van der Waals surface area (Å²) in [5.41, 5.74) is 0.641. The van der Waals surface area contributed by atoms with E-state index in [1.165, 1.54) is 6.07 Å². The van der Waals surface area contributed by atoms with Crippen molar-refractivity contribution in [2.24, 2.45) is 0 Å². The summed E-state index contributed by atoms with van der Waals surface area (Å²) < 4.78 is 37.6. The number of alkyl halides is 3. The number of hydrogen-bond acceptors (Lipinski definition) is 4. The smallest absolute Gasteiger partial charge is 0.324 e. The van der Waals surface area contributed by atoms with Gasteiger partial charge in [0.15, 0.2) is 0 Å². The maximum absolute atomic E-state index is 12.5. The summed E-state index contributed by atoms with van der Waals surface area (Å²) >= 11 is 0. The lowest BCUT2D eigenvalue weighted by Crippen LogP contribution is -2.10. The lowest BCUT2D eigenvalue weighted by molar-refractivity contribution is -0.141. The summed E-state index contributed by atoms with van der Waals surface area (Å²) in [7, 11) is 0. The van der Waals surface area contributed by atoms with Crippen LogP contribution in [0.4, 0.5) is 24.8 Å². The Balaban J connectivity index is 2.31. The molecule has 2 rings (SSSR count). The number of nitrogens with one attached hydrogen (secondary N) is 1. The van der Waals surface area contributed by atoms with E-state index in [1.807, 2.05) is 6.07 Å². The first-order valence-corrected chi connectivity index (χ1v) is 5.57. The van der Waals surface area contributed by atoms with Gasteiger partial charge in [-0.2, -0.15) is 18.4 Å². The molecule has 7 heteroatoms. The lowest BCUT2D eigenvalue weighted by atomic mass is 10.1. The van der Waals surface area contributed by atoms with Crippen LogP contribution in [0.15, 0.2) is 30.5 Å². The summed E-state index contributed by atoms with van der Waals surface area (Å²) in [6, 6.07) is 7.62. The minimum Gasteiger partial charge on any atom is -0.324 e. The van der Waals surface area contributed by atoms with Gasteiger partial charge in [-0.25, -0.2) is 9.97 Å².